The third-order valence-electron chi connectivity index (χ3n) is 5.55. The number of aryl methyl sites for hydroxylation is 2. The number of amides is 1. The summed E-state index contributed by atoms with van der Waals surface area (Å²) in [5, 5.41) is 8.44. The van der Waals surface area contributed by atoms with Crippen LogP contribution in [0, 0.1) is 18.8 Å². The van der Waals surface area contributed by atoms with Gasteiger partial charge < -0.3 is 15.0 Å². The maximum atomic E-state index is 12.7. The van der Waals surface area contributed by atoms with Crippen molar-refractivity contribution in [1.29, 1.82) is 0 Å². The number of sulfonamides is 1. The summed E-state index contributed by atoms with van der Waals surface area (Å²) in [5.74, 6) is -0.544. The van der Waals surface area contributed by atoms with Crippen LogP contribution in [0.15, 0.2) is 58.6 Å². The summed E-state index contributed by atoms with van der Waals surface area (Å²) in [6.07, 6.45) is 0. The quantitative estimate of drug-likeness (QED) is 0.292. The SMILES string of the molecule is Cc1cc(C)nc(NS(=O)(=O)c2ccc(NC(=S)NC(=O)c3ccc(N4CCOCC4)c(N=O)c3)cc2)n1. The Hall–Kier alpha value is -4.01. The van der Waals surface area contributed by atoms with Crippen molar-refractivity contribution in [1.82, 2.24) is 15.3 Å². The van der Waals surface area contributed by atoms with E-state index in [2.05, 4.69) is 30.5 Å². The van der Waals surface area contributed by atoms with E-state index < -0.39 is 15.9 Å². The molecule has 3 N–H and O–H groups in total. The monoisotopic (exact) mass is 555 g/mol. The minimum absolute atomic E-state index is 0.00462. The number of benzene rings is 2. The van der Waals surface area contributed by atoms with Crippen molar-refractivity contribution in [2.24, 2.45) is 5.18 Å². The fourth-order valence-electron chi connectivity index (χ4n) is 3.82. The highest BCUT2D eigenvalue weighted by molar-refractivity contribution is 7.92. The van der Waals surface area contributed by atoms with Crippen LogP contribution in [0.5, 0.6) is 0 Å². The number of hydrogen-bond acceptors (Lipinski definition) is 10. The van der Waals surface area contributed by atoms with Gasteiger partial charge in [0.2, 0.25) is 5.95 Å². The molecule has 0 aliphatic carbocycles. The van der Waals surface area contributed by atoms with Crippen molar-refractivity contribution in [3.63, 3.8) is 0 Å². The van der Waals surface area contributed by atoms with Crippen LogP contribution in [-0.4, -0.2) is 55.7 Å². The van der Waals surface area contributed by atoms with E-state index in [0.717, 1.165) is 0 Å². The Bertz CT molecular complexity index is 1450. The predicted molar refractivity (Wildman–Crippen MR) is 147 cm³/mol. The Balaban J connectivity index is 1.38. The lowest BCUT2D eigenvalue weighted by atomic mass is 10.1. The molecule has 4 rings (SSSR count). The topological polar surface area (TPSA) is 155 Å². The molecule has 3 aromatic rings. The number of ether oxygens (including phenoxy) is 1. The van der Waals surface area contributed by atoms with E-state index in [1.807, 2.05) is 4.90 Å². The molecule has 1 fully saturated rings. The number of thiocarbonyl (C=S) groups is 1. The Labute approximate surface area is 224 Å². The van der Waals surface area contributed by atoms with Gasteiger partial charge in [0.15, 0.2) is 5.11 Å². The average Bonchev–Trinajstić information content (AvgIpc) is 2.88. The average molecular weight is 556 g/mol. The minimum Gasteiger partial charge on any atom is -0.378 e. The summed E-state index contributed by atoms with van der Waals surface area (Å²) in [7, 11) is -3.92. The number of nitroso groups, excluding NO2 is 1. The molecule has 12 nitrogen and oxygen atoms in total. The summed E-state index contributed by atoms with van der Waals surface area (Å²) >= 11 is 5.22. The van der Waals surface area contributed by atoms with E-state index in [4.69, 9.17) is 17.0 Å². The molecule has 0 unspecified atom stereocenters. The highest BCUT2D eigenvalue weighted by Crippen LogP contribution is 2.30. The van der Waals surface area contributed by atoms with E-state index in [9.17, 15) is 18.1 Å². The maximum Gasteiger partial charge on any atom is 0.264 e. The van der Waals surface area contributed by atoms with Gasteiger partial charge in [-0.05, 0) is 79.8 Å². The second-order valence-electron chi connectivity index (χ2n) is 8.41. The van der Waals surface area contributed by atoms with Crippen LogP contribution in [0.2, 0.25) is 0 Å². The summed E-state index contributed by atoms with van der Waals surface area (Å²) in [5.41, 5.74) is 2.72. The van der Waals surface area contributed by atoms with E-state index in [1.54, 1.807) is 32.0 Å². The normalized spacial score (nSPS) is 13.5. The highest BCUT2D eigenvalue weighted by atomic mass is 32.2. The van der Waals surface area contributed by atoms with Gasteiger partial charge in [0.05, 0.1) is 23.8 Å². The number of rotatable bonds is 7. The molecule has 1 amide bonds. The van der Waals surface area contributed by atoms with Crippen LogP contribution < -0.4 is 20.3 Å². The molecule has 2 heterocycles. The number of carbonyl (C=O) groups excluding carboxylic acids is 1. The van der Waals surface area contributed by atoms with Crippen molar-refractivity contribution in [3.8, 4) is 0 Å². The van der Waals surface area contributed by atoms with E-state index in [-0.39, 0.29) is 27.2 Å². The third kappa shape index (κ3) is 6.65. The number of hydrogen-bond donors (Lipinski definition) is 3. The van der Waals surface area contributed by atoms with E-state index >= 15 is 0 Å². The summed E-state index contributed by atoms with van der Waals surface area (Å²) < 4.78 is 33.1. The number of carbonyl (C=O) groups is 1. The molecule has 1 aliphatic rings. The first-order chi connectivity index (χ1) is 18.1. The van der Waals surface area contributed by atoms with Crippen LogP contribution in [0.25, 0.3) is 0 Å². The smallest absolute Gasteiger partial charge is 0.264 e. The first kappa shape index (κ1) is 27.0. The van der Waals surface area contributed by atoms with Gasteiger partial charge in [-0.15, -0.1) is 4.91 Å². The second-order valence-corrected chi connectivity index (χ2v) is 10.5. The fourth-order valence-corrected chi connectivity index (χ4v) is 4.97. The molecule has 38 heavy (non-hydrogen) atoms. The molecule has 1 aromatic heterocycles. The van der Waals surface area contributed by atoms with Gasteiger partial charge in [0.25, 0.3) is 15.9 Å². The van der Waals surface area contributed by atoms with Gasteiger partial charge in [-0.2, -0.15) is 0 Å². The van der Waals surface area contributed by atoms with Crippen molar-refractivity contribution >= 4 is 56.3 Å². The van der Waals surface area contributed by atoms with Gasteiger partial charge in [-0.1, -0.05) is 0 Å². The number of morpholine rings is 1. The maximum absolute atomic E-state index is 12.7. The molecule has 1 aliphatic heterocycles. The third-order valence-corrected chi connectivity index (χ3v) is 7.09. The van der Waals surface area contributed by atoms with Crippen molar-refractivity contribution in [3.05, 3.63) is 70.4 Å². The first-order valence-corrected chi connectivity index (χ1v) is 13.4. The van der Waals surface area contributed by atoms with E-state index in [0.29, 0.717) is 49.1 Å². The van der Waals surface area contributed by atoms with Crippen LogP contribution in [0.4, 0.5) is 23.0 Å². The zero-order valence-electron chi connectivity index (χ0n) is 20.6. The number of nitrogens with one attached hydrogen (secondary N) is 3. The van der Waals surface area contributed by atoms with Gasteiger partial charge in [-0.25, -0.2) is 23.1 Å². The Kier molecular flexibility index (Phi) is 8.24. The Morgan fingerprint density at radius 1 is 1.03 bits per heavy atom. The number of nitrogens with zero attached hydrogens (tertiary/aromatic N) is 4. The first-order valence-electron chi connectivity index (χ1n) is 11.5. The molecule has 0 bridgehead atoms. The standard InChI is InChI=1S/C24H25N7O5S2/c1-15-13-16(2)26-23(25-15)30-38(34,35)19-6-4-18(5-7-19)27-24(37)28-22(32)17-3-8-21(20(14-17)29-33)31-9-11-36-12-10-31/h3-8,13-14H,9-12H2,1-2H3,(H,25,26,30)(H2,27,28,32,37). The Morgan fingerprint density at radius 2 is 1.68 bits per heavy atom. The van der Waals surface area contributed by atoms with E-state index in [1.165, 1.54) is 30.3 Å². The lowest BCUT2D eigenvalue weighted by Gasteiger charge is -2.29. The summed E-state index contributed by atoms with van der Waals surface area (Å²) in [4.78, 5) is 34.3. The molecular weight excluding hydrogens is 530 g/mol. The Morgan fingerprint density at radius 3 is 2.32 bits per heavy atom. The zero-order valence-corrected chi connectivity index (χ0v) is 22.2. The molecular formula is C24H25N7O5S2. The van der Waals surface area contributed by atoms with Gasteiger partial charge in [-0.3, -0.25) is 10.1 Å². The fraction of sp³-hybridized carbons (Fsp3) is 0.250. The molecule has 0 saturated carbocycles. The van der Waals surface area contributed by atoms with Crippen molar-refractivity contribution in [2.75, 3.05) is 41.2 Å². The molecule has 2 aromatic carbocycles. The van der Waals surface area contributed by atoms with Crippen molar-refractivity contribution in [2.45, 2.75) is 18.7 Å². The lowest BCUT2D eigenvalue weighted by molar-refractivity contribution is 0.0977. The zero-order chi connectivity index (χ0) is 27.3. The van der Waals surface area contributed by atoms with Crippen LogP contribution >= 0.6 is 12.2 Å². The predicted octanol–water partition coefficient (Wildman–Crippen LogP) is 3.26. The molecule has 14 heteroatoms. The summed E-state index contributed by atoms with van der Waals surface area (Å²) in [6.45, 7) is 5.82. The van der Waals surface area contributed by atoms with Crippen molar-refractivity contribution < 1.29 is 17.9 Å². The van der Waals surface area contributed by atoms with Gasteiger partial charge in [0.1, 0.15) is 5.69 Å². The second kappa shape index (κ2) is 11.6. The molecule has 198 valence electrons. The molecule has 0 atom stereocenters. The van der Waals surface area contributed by atoms with Crippen LogP contribution in [0.3, 0.4) is 0 Å². The molecule has 1 saturated heterocycles. The molecule has 0 radical (unpaired) electrons. The van der Waals surface area contributed by atoms with Gasteiger partial charge >= 0.3 is 0 Å². The summed E-state index contributed by atoms with van der Waals surface area (Å²) in [6, 6.07) is 12.2. The lowest BCUT2D eigenvalue weighted by Crippen LogP contribution is -2.36. The highest BCUT2D eigenvalue weighted by Gasteiger charge is 2.19. The number of anilines is 3. The van der Waals surface area contributed by atoms with Gasteiger partial charge in [0, 0.05) is 35.7 Å². The number of aromatic nitrogens is 2. The minimum atomic E-state index is -3.92. The van der Waals surface area contributed by atoms with Crippen LogP contribution in [-0.2, 0) is 14.8 Å². The molecule has 0 spiro atoms. The van der Waals surface area contributed by atoms with Crippen LogP contribution in [0.1, 0.15) is 21.7 Å². The largest absolute Gasteiger partial charge is 0.378 e.